The summed E-state index contributed by atoms with van der Waals surface area (Å²) in [6.45, 7) is 5.95. The van der Waals surface area contributed by atoms with Crippen LogP contribution in [0.2, 0.25) is 0 Å². The van der Waals surface area contributed by atoms with Crippen molar-refractivity contribution in [3.63, 3.8) is 0 Å². The minimum absolute atomic E-state index is 0.614. The van der Waals surface area contributed by atoms with Crippen molar-refractivity contribution >= 4 is 12.5 Å². The van der Waals surface area contributed by atoms with Gasteiger partial charge in [0.2, 0.25) is 0 Å². The quantitative estimate of drug-likeness (QED) is 0.239. The fraction of sp³-hybridized carbons (Fsp3) is 0.200. The second-order valence-electron chi connectivity index (χ2n) is 5.83. The van der Waals surface area contributed by atoms with Gasteiger partial charge in [0.15, 0.2) is 0 Å². The zero-order valence-corrected chi connectivity index (χ0v) is 17.6. The molecule has 0 spiro atoms. The normalized spacial score (nSPS) is 9.67. The van der Waals surface area contributed by atoms with Crippen molar-refractivity contribution in [2.75, 3.05) is 13.2 Å². The van der Waals surface area contributed by atoms with E-state index in [1.165, 1.54) is 5.56 Å². The third-order valence-electron chi connectivity index (χ3n) is 3.51. The predicted octanol–water partition coefficient (Wildman–Crippen LogP) is 5.28. The topological polar surface area (TPSA) is 59.9 Å². The van der Waals surface area contributed by atoms with Crippen LogP contribution < -0.4 is 5.48 Å². The molecule has 5 heteroatoms. The Bertz CT molecular complexity index is 794. The van der Waals surface area contributed by atoms with E-state index in [4.69, 9.17) is 9.68 Å². The highest BCUT2D eigenvalue weighted by Crippen LogP contribution is 1.96. The Labute approximate surface area is 179 Å². The van der Waals surface area contributed by atoms with Gasteiger partial charge >= 0.3 is 0 Å². The van der Waals surface area contributed by atoms with Crippen LogP contribution >= 0.6 is 0 Å². The molecule has 0 unspecified atom stereocenters. The smallest absolute Gasteiger partial charge is 0.150 e. The number of nitrogens with zero attached hydrogens (tertiary/aromatic N) is 1. The number of rotatable bonds is 8. The first-order valence-corrected chi connectivity index (χ1v) is 9.89. The minimum Gasteiger partial charge on any atom is -0.396 e. The van der Waals surface area contributed by atoms with Gasteiger partial charge in [-0.2, -0.15) is 5.48 Å². The zero-order valence-electron chi connectivity index (χ0n) is 17.6. The molecule has 0 aliphatic rings. The van der Waals surface area contributed by atoms with E-state index >= 15 is 0 Å². The number of hydrogen-bond donors (Lipinski definition) is 1. The highest BCUT2D eigenvalue weighted by molar-refractivity contribution is 5.78. The average Bonchev–Trinajstić information content (AvgIpc) is 2.82. The van der Waals surface area contributed by atoms with Crippen LogP contribution in [0.5, 0.6) is 0 Å². The van der Waals surface area contributed by atoms with Gasteiger partial charge in [-0.1, -0.05) is 96.2 Å². The molecule has 158 valence electrons. The van der Waals surface area contributed by atoms with Gasteiger partial charge in [-0.3, -0.25) is 4.79 Å². The van der Waals surface area contributed by atoms with Crippen LogP contribution in [0.1, 0.15) is 35.3 Å². The molecule has 0 saturated heterocycles. The fourth-order valence-corrected chi connectivity index (χ4v) is 2.08. The third kappa shape index (κ3) is 13.0. The number of benzene rings is 3. The first kappa shape index (κ1) is 24.8. The molecule has 0 aliphatic carbocycles. The number of aldehydes is 1. The van der Waals surface area contributed by atoms with Gasteiger partial charge in [-0.15, -0.1) is 0 Å². The van der Waals surface area contributed by atoms with Crippen LogP contribution in [0.4, 0.5) is 0 Å². The number of oxime groups is 1. The number of hydroxylamine groups is 1. The summed E-state index contributed by atoms with van der Waals surface area (Å²) in [6, 6.07) is 29.1. The summed E-state index contributed by atoms with van der Waals surface area (Å²) in [6.07, 6.45) is 2.53. The first-order chi connectivity index (χ1) is 14.8. The van der Waals surface area contributed by atoms with E-state index in [1.807, 2.05) is 80.6 Å². The Morgan fingerprint density at radius 2 is 1.30 bits per heavy atom. The lowest BCUT2D eigenvalue weighted by Crippen LogP contribution is -2.13. The summed E-state index contributed by atoms with van der Waals surface area (Å²) in [4.78, 5) is 19.8. The Hall–Kier alpha value is -3.28. The van der Waals surface area contributed by atoms with Crippen LogP contribution in [0.15, 0.2) is 96.2 Å². The second-order valence-corrected chi connectivity index (χ2v) is 5.83. The van der Waals surface area contributed by atoms with Crippen LogP contribution in [0.3, 0.4) is 0 Å². The number of nitrogens with one attached hydrogen (secondary N) is 1. The van der Waals surface area contributed by atoms with Gasteiger partial charge in [0.1, 0.15) is 12.9 Å². The average molecular weight is 407 g/mol. The van der Waals surface area contributed by atoms with E-state index in [0.29, 0.717) is 13.2 Å². The molecule has 0 bridgehead atoms. The van der Waals surface area contributed by atoms with Crippen molar-refractivity contribution in [3.05, 3.63) is 108 Å². The van der Waals surface area contributed by atoms with Gasteiger partial charge in [0.25, 0.3) is 0 Å². The van der Waals surface area contributed by atoms with Gasteiger partial charge in [-0.25, -0.2) is 0 Å². The lowest BCUT2D eigenvalue weighted by molar-refractivity contribution is 0.0463. The standard InChI is InChI=1S/C9H13NO.C9H11NO.C7H6O/c2*1-2-11-10-8-9-6-4-3-5-7-9;8-6-7-4-2-1-3-5-7/h3-7,10H,2,8H2,1H3;3-8H,2H2,1H3;1-6H. The molecule has 0 amide bonds. The van der Waals surface area contributed by atoms with E-state index in [0.717, 1.165) is 24.0 Å². The number of carbonyl (C=O) groups excluding carboxylic acids is 1. The fourth-order valence-electron chi connectivity index (χ4n) is 2.08. The van der Waals surface area contributed by atoms with Crippen LogP contribution in [0.25, 0.3) is 0 Å². The molecule has 0 saturated carbocycles. The monoisotopic (exact) mass is 406 g/mol. The van der Waals surface area contributed by atoms with Gasteiger partial charge in [-0.05, 0) is 25.0 Å². The molecule has 0 radical (unpaired) electrons. The molecule has 0 atom stereocenters. The van der Waals surface area contributed by atoms with E-state index < -0.39 is 0 Å². The molecule has 0 fully saturated rings. The molecule has 5 nitrogen and oxygen atoms in total. The molecule has 3 aromatic carbocycles. The van der Waals surface area contributed by atoms with E-state index in [9.17, 15) is 4.79 Å². The van der Waals surface area contributed by atoms with E-state index in [1.54, 1.807) is 18.3 Å². The number of carbonyl (C=O) groups is 1. The summed E-state index contributed by atoms with van der Waals surface area (Å²) in [7, 11) is 0. The highest BCUT2D eigenvalue weighted by Gasteiger charge is 1.87. The first-order valence-electron chi connectivity index (χ1n) is 9.89. The lowest BCUT2D eigenvalue weighted by atomic mass is 10.2. The molecule has 3 rings (SSSR count). The lowest BCUT2D eigenvalue weighted by Gasteiger charge is -2.02. The largest absolute Gasteiger partial charge is 0.396 e. The SMILES string of the molecule is CCON=Cc1ccccc1.CCONCc1ccccc1.O=Cc1ccccc1. The molecule has 30 heavy (non-hydrogen) atoms. The van der Waals surface area contributed by atoms with Crippen molar-refractivity contribution in [2.24, 2.45) is 5.16 Å². The molecule has 0 heterocycles. The summed E-state index contributed by atoms with van der Waals surface area (Å²) < 4.78 is 0. The third-order valence-corrected chi connectivity index (χ3v) is 3.51. The van der Waals surface area contributed by atoms with Crippen LogP contribution in [-0.2, 0) is 16.2 Å². The van der Waals surface area contributed by atoms with Gasteiger partial charge in [0.05, 0.1) is 12.8 Å². The zero-order chi connectivity index (χ0) is 21.7. The maximum absolute atomic E-state index is 10.0. The Morgan fingerprint density at radius 1 is 0.767 bits per heavy atom. The van der Waals surface area contributed by atoms with Crippen molar-refractivity contribution in [1.82, 2.24) is 5.48 Å². The summed E-state index contributed by atoms with van der Waals surface area (Å²) in [5.74, 6) is 0. The molecular formula is C25H30N2O3. The van der Waals surface area contributed by atoms with Gasteiger partial charge < -0.3 is 9.68 Å². The van der Waals surface area contributed by atoms with Crippen molar-refractivity contribution in [2.45, 2.75) is 20.4 Å². The summed E-state index contributed by atoms with van der Waals surface area (Å²) >= 11 is 0. The van der Waals surface area contributed by atoms with Gasteiger partial charge in [0, 0.05) is 12.1 Å². The van der Waals surface area contributed by atoms with E-state index in [-0.39, 0.29) is 0 Å². The Balaban J connectivity index is 0.000000228. The molecule has 3 aromatic rings. The predicted molar refractivity (Wildman–Crippen MR) is 122 cm³/mol. The Kier molecular flexibility index (Phi) is 14.7. The molecular weight excluding hydrogens is 376 g/mol. The van der Waals surface area contributed by atoms with Crippen molar-refractivity contribution in [1.29, 1.82) is 0 Å². The maximum Gasteiger partial charge on any atom is 0.150 e. The van der Waals surface area contributed by atoms with Crippen LogP contribution in [0, 0.1) is 0 Å². The minimum atomic E-state index is 0.614. The number of hydrogen-bond acceptors (Lipinski definition) is 5. The van der Waals surface area contributed by atoms with Crippen molar-refractivity contribution in [3.8, 4) is 0 Å². The molecule has 0 aliphatic heterocycles. The van der Waals surface area contributed by atoms with Crippen molar-refractivity contribution < 1.29 is 14.5 Å². The van der Waals surface area contributed by atoms with Crippen LogP contribution in [-0.4, -0.2) is 25.7 Å². The summed E-state index contributed by atoms with van der Waals surface area (Å²) in [5, 5.41) is 3.74. The second kappa shape index (κ2) is 17.8. The van der Waals surface area contributed by atoms with E-state index in [2.05, 4.69) is 22.8 Å². The summed E-state index contributed by atoms with van der Waals surface area (Å²) in [5.41, 5.74) is 5.87. The molecule has 1 N–H and O–H groups in total. The Morgan fingerprint density at radius 3 is 1.77 bits per heavy atom. The highest BCUT2D eigenvalue weighted by atomic mass is 16.6. The molecule has 0 aromatic heterocycles. The maximum atomic E-state index is 10.0.